The highest BCUT2D eigenvalue weighted by atomic mass is 32.2. The number of carbonyl (C=O) groups excluding carboxylic acids is 1. The van der Waals surface area contributed by atoms with E-state index >= 15 is 0 Å². The van der Waals surface area contributed by atoms with Crippen LogP contribution in [0.15, 0.2) is 35.2 Å². The maximum absolute atomic E-state index is 11.5. The molecular formula is C13H11N3OS2. The number of nitrogen functional groups attached to an aromatic ring is 1. The topological polar surface area (TPSA) is 68.0 Å². The van der Waals surface area contributed by atoms with Crippen molar-refractivity contribution >= 4 is 50.1 Å². The fourth-order valence-electron chi connectivity index (χ4n) is 1.92. The maximum atomic E-state index is 11.5. The molecule has 2 heterocycles. The third-order valence-electron chi connectivity index (χ3n) is 2.87. The van der Waals surface area contributed by atoms with Crippen molar-refractivity contribution in [1.29, 1.82) is 0 Å². The van der Waals surface area contributed by atoms with E-state index in [0.717, 1.165) is 21.1 Å². The molecule has 19 heavy (non-hydrogen) atoms. The Kier molecular flexibility index (Phi) is 3.14. The van der Waals surface area contributed by atoms with Crippen LogP contribution in [0.25, 0.3) is 21.1 Å². The number of nitrogens with zero attached hydrogens (tertiary/aromatic N) is 1. The van der Waals surface area contributed by atoms with E-state index in [0.29, 0.717) is 4.88 Å². The number of thioether (sulfide) groups is 1. The van der Waals surface area contributed by atoms with Crippen molar-refractivity contribution < 1.29 is 4.79 Å². The van der Waals surface area contributed by atoms with Gasteiger partial charge in [0.1, 0.15) is 4.83 Å². The quantitative estimate of drug-likeness (QED) is 0.329. The molecule has 0 unspecified atom stereocenters. The number of thiophene rings is 1. The fraction of sp³-hybridized carbons (Fsp3) is 0.0769. The van der Waals surface area contributed by atoms with Gasteiger partial charge in [0.15, 0.2) is 0 Å². The SMILES string of the molecule is CSc1ccc2cc3cc(C(=O)NN)sc3nc2c1. The van der Waals surface area contributed by atoms with Gasteiger partial charge in [-0.05, 0) is 30.5 Å². The third-order valence-corrected chi connectivity index (χ3v) is 4.63. The van der Waals surface area contributed by atoms with E-state index in [1.165, 1.54) is 16.2 Å². The highest BCUT2D eigenvalue weighted by molar-refractivity contribution is 7.98. The Morgan fingerprint density at radius 3 is 2.89 bits per heavy atom. The van der Waals surface area contributed by atoms with E-state index in [9.17, 15) is 4.79 Å². The minimum Gasteiger partial charge on any atom is -0.289 e. The highest BCUT2D eigenvalue weighted by Crippen LogP contribution is 2.29. The molecule has 0 saturated carbocycles. The van der Waals surface area contributed by atoms with E-state index in [2.05, 4.69) is 22.5 Å². The molecule has 0 atom stereocenters. The molecule has 0 fully saturated rings. The molecule has 3 rings (SSSR count). The van der Waals surface area contributed by atoms with Gasteiger partial charge in [-0.2, -0.15) is 0 Å². The number of hydrazine groups is 1. The Labute approximate surface area is 118 Å². The zero-order chi connectivity index (χ0) is 13.4. The average Bonchev–Trinajstić information content (AvgIpc) is 2.85. The summed E-state index contributed by atoms with van der Waals surface area (Å²) in [6, 6.07) is 10.0. The van der Waals surface area contributed by atoms with Gasteiger partial charge in [0.2, 0.25) is 0 Å². The number of pyridine rings is 1. The van der Waals surface area contributed by atoms with E-state index in [1.54, 1.807) is 11.8 Å². The van der Waals surface area contributed by atoms with Crippen molar-refractivity contribution in [3.63, 3.8) is 0 Å². The van der Waals surface area contributed by atoms with Crippen molar-refractivity contribution in [2.24, 2.45) is 5.84 Å². The van der Waals surface area contributed by atoms with Gasteiger partial charge < -0.3 is 0 Å². The number of amides is 1. The number of carbonyl (C=O) groups is 1. The van der Waals surface area contributed by atoms with E-state index < -0.39 is 0 Å². The lowest BCUT2D eigenvalue weighted by atomic mass is 10.2. The highest BCUT2D eigenvalue weighted by Gasteiger charge is 2.10. The second-order valence-corrected chi connectivity index (χ2v) is 5.94. The number of nitrogens with two attached hydrogens (primary N) is 1. The maximum Gasteiger partial charge on any atom is 0.275 e. The Morgan fingerprint density at radius 1 is 1.32 bits per heavy atom. The van der Waals surface area contributed by atoms with Crippen molar-refractivity contribution in [2.45, 2.75) is 4.90 Å². The first-order valence-electron chi connectivity index (χ1n) is 5.60. The summed E-state index contributed by atoms with van der Waals surface area (Å²) in [6.45, 7) is 0. The Hall–Kier alpha value is -1.63. The molecule has 4 nitrogen and oxygen atoms in total. The second-order valence-electron chi connectivity index (χ2n) is 4.03. The molecule has 0 saturated heterocycles. The van der Waals surface area contributed by atoms with Crippen LogP contribution in [-0.2, 0) is 0 Å². The number of rotatable bonds is 2. The largest absolute Gasteiger partial charge is 0.289 e. The van der Waals surface area contributed by atoms with Crippen LogP contribution in [0.5, 0.6) is 0 Å². The number of benzene rings is 1. The first-order valence-corrected chi connectivity index (χ1v) is 7.64. The van der Waals surface area contributed by atoms with Gasteiger partial charge in [-0.15, -0.1) is 23.1 Å². The first-order chi connectivity index (χ1) is 9.21. The van der Waals surface area contributed by atoms with E-state index in [1.807, 2.05) is 24.5 Å². The molecule has 0 aliphatic heterocycles. The molecule has 3 aromatic rings. The summed E-state index contributed by atoms with van der Waals surface area (Å²) in [6.07, 6.45) is 2.04. The number of nitrogens with one attached hydrogen (secondary N) is 1. The molecule has 0 aliphatic rings. The van der Waals surface area contributed by atoms with Crippen LogP contribution in [0.3, 0.4) is 0 Å². The molecule has 1 aromatic carbocycles. The number of hydrogen-bond donors (Lipinski definition) is 2. The Morgan fingerprint density at radius 2 is 2.16 bits per heavy atom. The predicted molar refractivity (Wildman–Crippen MR) is 80.6 cm³/mol. The summed E-state index contributed by atoms with van der Waals surface area (Å²) < 4.78 is 0. The third kappa shape index (κ3) is 2.18. The molecule has 0 spiro atoms. The molecular weight excluding hydrogens is 278 g/mol. The zero-order valence-electron chi connectivity index (χ0n) is 10.1. The lowest BCUT2D eigenvalue weighted by molar-refractivity contribution is 0.0958. The molecule has 0 aliphatic carbocycles. The van der Waals surface area contributed by atoms with Crippen LogP contribution in [0.2, 0.25) is 0 Å². The summed E-state index contributed by atoms with van der Waals surface area (Å²) in [5.41, 5.74) is 3.09. The lowest BCUT2D eigenvalue weighted by Gasteiger charge is -2.00. The van der Waals surface area contributed by atoms with Crippen LogP contribution in [0.4, 0.5) is 0 Å². The van der Waals surface area contributed by atoms with Crippen LogP contribution in [0.1, 0.15) is 9.67 Å². The molecule has 6 heteroatoms. The molecule has 0 radical (unpaired) electrons. The minimum atomic E-state index is -0.281. The number of aromatic nitrogens is 1. The van der Waals surface area contributed by atoms with Crippen LogP contribution in [-0.4, -0.2) is 17.1 Å². The van der Waals surface area contributed by atoms with Crippen LogP contribution < -0.4 is 11.3 Å². The predicted octanol–water partition coefficient (Wildman–Crippen LogP) is 2.77. The van der Waals surface area contributed by atoms with Gasteiger partial charge in [0.25, 0.3) is 5.91 Å². The summed E-state index contributed by atoms with van der Waals surface area (Å²) in [7, 11) is 0. The molecule has 1 amide bonds. The van der Waals surface area contributed by atoms with Gasteiger partial charge in [-0.3, -0.25) is 10.2 Å². The van der Waals surface area contributed by atoms with Gasteiger partial charge in [-0.25, -0.2) is 10.8 Å². The van der Waals surface area contributed by atoms with Crippen molar-refractivity contribution in [2.75, 3.05) is 6.26 Å². The molecule has 96 valence electrons. The van der Waals surface area contributed by atoms with Gasteiger partial charge in [-0.1, -0.05) is 6.07 Å². The monoisotopic (exact) mass is 289 g/mol. The average molecular weight is 289 g/mol. The van der Waals surface area contributed by atoms with E-state index in [-0.39, 0.29) is 5.91 Å². The van der Waals surface area contributed by atoms with Crippen LogP contribution in [0, 0.1) is 0 Å². The number of hydrogen-bond acceptors (Lipinski definition) is 5. The zero-order valence-corrected chi connectivity index (χ0v) is 11.8. The summed E-state index contributed by atoms with van der Waals surface area (Å²) >= 11 is 3.03. The van der Waals surface area contributed by atoms with Crippen molar-refractivity contribution in [3.8, 4) is 0 Å². The van der Waals surface area contributed by atoms with E-state index in [4.69, 9.17) is 5.84 Å². The molecule has 0 bridgehead atoms. The number of fused-ring (bicyclic) bond motifs is 2. The smallest absolute Gasteiger partial charge is 0.275 e. The summed E-state index contributed by atoms with van der Waals surface area (Å²) in [5.74, 6) is 4.87. The second kappa shape index (κ2) is 4.80. The van der Waals surface area contributed by atoms with Crippen molar-refractivity contribution in [1.82, 2.24) is 10.4 Å². The normalized spacial score (nSPS) is 11.1. The van der Waals surface area contributed by atoms with Gasteiger partial charge >= 0.3 is 0 Å². The van der Waals surface area contributed by atoms with Gasteiger partial charge in [0.05, 0.1) is 10.4 Å². The summed E-state index contributed by atoms with van der Waals surface area (Å²) in [4.78, 5) is 18.7. The molecule has 3 N–H and O–H groups in total. The first kappa shape index (κ1) is 12.4. The summed E-state index contributed by atoms with van der Waals surface area (Å²) in [5, 5.41) is 2.04. The molecule has 2 aromatic heterocycles. The van der Waals surface area contributed by atoms with Gasteiger partial charge in [0, 0.05) is 15.7 Å². The Bertz CT molecular complexity index is 782. The van der Waals surface area contributed by atoms with Crippen molar-refractivity contribution in [3.05, 3.63) is 35.2 Å². The fourth-order valence-corrected chi connectivity index (χ4v) is 3.27. The standard InChI is InChI=1S/C13H11N3OS2/c1-18-9-3-2-7-4-8-5-11(12(17)16-14)19-13(8)15-10(7)6-9/h2-6H,14H2,1H3,(H,16,17). The Balaban J connectivity index is 2.22. The minimum absolute atomic E-state index is 0.281. The van der Waals surface area contributed by atoms with Crippen LogP contribution >= 0.6 is 23.1 Å². The lowest BCUT2D eigenvalue weighted by Crippen LogP contribution is -2.29.